The van der Waals surface area contributed by atoms with E-state index in [4.69, 9.17) is 9.15 Å². The van der Waals surface area contributed by atoms with Gasteiger partial charge in [-0.1, -0.05) is 36.4 Å². The molecule has 35 heavy (non-hydrogen) atoms. The van der Waals surface area contributed by atoms with E-state index in [1.54, 1.807) is 17.1 Å². The van der Waals surface area contributed by atoms with Crippen molar-refractivity contribution in [2.45, 2.75) is 19.0 Å². The number of aromatic nitrogens is 4. The Bertz CT molecular complexity index is 1450. The second kappa shape index (κ2) is 8.94. The van der Waals surface area contributed by atoms with Crippen LogP contribution in [-0.2, 0) is 17.9 Å². The number of hydrogen-bond acceptors (Lipinski definition) is 7. The lowest BCUT2D eigenvalue weighted by molar-refractivity contribution is -0.121. The van der Waals surface area contributed by atoms with Gasteiger partial charge in [-0.3, -0.25) is 4.79 Å². The van der Waals surface area contributed by atoms with E-state index in [9.17, 15) is 4.79 Å². The fraction of sp³-hybridized carbons (Fsp3) is 0.154. The molecule has 1 aliphatic rings. The van der Waals surface area contributed by atoms with Gasteiger partial charge >= 0.3 is 0 Å². The van der Waals surface area contributed by atoms with Gasteiger partial charge < -0.3 is 19.8 Å². The molecular formula is C26H22N6O3. The number of carbonyl (C=O) groups excluding carboxylic acids is 1. The van der Waals surface area contributed by atoms with Crippen LogP contribution in [0.15, 0.2) is 83.9 Å². The number of carbonyl (C=O) groups is 1. The molecule has 0 saturated heterocycles. The molecule has 5 aromatic rings. The first kappa shape index (κ1) is 20.9. The van der Waals surface area contributed by atoms with Gasteiger partial charge in [0.15, 0.2) is 5.65 Å². The number of amides is 1. The maximum absolute atomic E-state index is 13.3. The number of hydrogen-bond donors (Lipinski definition) is 2. The van der Waals surface area contributed by atoms with Gasteiger partial charge in [0.05, 0.1) is 36.9 Å². The van der Waals surface area contributed by atoms with E-state index in [1.807, 2.05) is 60.7 Å². The molecule has 0 saturated carbocycles. The van der Waals surface area contributed by atoms with Crippen LogP contribution in [0.1, 0.15) is 22.8 Å². The number of ether oxygens (including phenoxy) is 1. The molecule has 0 fully saturated rings. The lowest BCUT2D eigenvalue weighted by Gasteiger charge is -2.27. The predicted octanol–water partition coefficient (Wildman–Crippen LogP) is 4.09. The summed E-state index contributed by atoms with van der Waals surface area (Å²) in [6, 6.07) is 19.0. The number of benzene rings is 2. The van der Waals surface area contributed by atoms with E-state index in [2.05, 4.69) is 25.7 Å². The highest BCUT2D eigenvalue weighted by molar-refractivity contribution is 5.89. The minimum absolute atomic E-state index is 0.0832. The number of nitrogens with one attached hydrogen (secondary N) is 2. The van der Waals surface area contributed by atoms with Crippen molar-refractivity contribution in [3.05, 3.63) is 96.3 Å². The number of para-hydroxylation sites is 2. The molecule has 9 nitrogen and oxygen atoms in total. The summed E-state index contributed by atoms with van der Waals surface area (Å²) in [6.07, 6.45) is 4.86. The highest BCUT2D eigenvalue weighted by Gasteiger charge is 2.32. The molecule has 0 bridgehead atoms. The quantitative estimate of drug-likeness (QED) is 0.372. The third-order valence-corrected chi connectivity index (χ3v) is 6.01. The third-order valence-electron chi connectivity index (χ3n) is 6.01. The van der Waals surface area contributed by atoms with Gasteiger partial charge in [-0.25, -0.2) is 14.6 Å². The molecule has 4 heterocycles. The fourth-order valence-corrected chi connectivity index (χ4v) is 4.36. The van der Waals surface area contributed by atoms with Crippen molar-refractivity contribution in [1.82, 2.24) is 25.1 Å². The number of furan rings is 1. The van der Waals surface area contributed by atoms with Gasteiger partial charge in [0.2, 0.25) is 5.91 Å². The monoisotopic (exact) mass is 466 g/mol. The smallest absolute Gasteiger partial charge is 0.232 e. The molecule has 3 aromatic heterocycles. The van der Waals surface area contributed by atoms with Gasteiger partial charge in [-0.15, -0.1) is 0 Å². The van der Waals surface area contributed by atoms with Crippen molar-refractivity contribution in [2.75, 3.05) is 11.9 Å². The van der Waals surface area contributed by atoms with E-state index in [-0.39, 0.29) is 5.91 Å². The fourth-order valence-electron chi connectivity index (χ4n) is 4.36. The van der Waals surface area contributed by atoms with Gasteiger partial charge in [-0.05, 0) is 24.3 Å². The van der Waals surface area contributed by atoms with Crippen molar-refractivity contribution < 1.29 is 13.9 Å². The maximum Gasteiger partial charge on any atom is 0.232 e. The second-order valence-corrected chi connectivity index (χ2v) is 8.16. The summed E-state index contributed by atoms with van der Waals surface area (Å²) >= 11 is 0. The highest BCUT2D eigenvalue weighted by Crippen LogP contribution is 2.43. The van der Waals surface area contributed by atoms with E-state index in [0.29, 0.717) is 42.6 Å². The average molecular weight is 467 g/mol. The zero-order chi connectivity index (χ0) is 23.6. The van der Waals surface area contributed by atoms with Gasteiger partial charge in [0.1, 0.15) is 29.4 Å². The van der Waals surface area contributed by atoms with Crippen LogP contribution in [0.5, 0.6) is 11.5 Å². The number of nitrogens with zero attached hydrogens (tertiary/aromatic N) is 4. The number of rotatable bonds is 7. The minimum Gasteiger partial charge on any atom is -0.467 e. The second-order valence-electron chi connectivity index (χ2n) is 8.16. The van der Waals surface area contributed by atoms with Crippen molar-refractivity contribution in [3.63, 3.8) is 0 Å². The Hall–Kier alpha value is -4.66. The first-order valence-electron chi connectivity index (χ1n) is 11.3. The molecule has 0 unspecified atom stereocenters. The normalized spacial score (nSPS) is 12.6. The molecule has 1 aliphatic heterocycles. The molecule has 6 rings (SSSR count). The van der Waals surface area contributed by atoms with Gasteiger partial charge in [-0.2, -0.15) is 5.10 Å². The molecule has 0 atom stereocenters. The Morgan fingerprint density at radius 2 is 1.74 bits per heavy atom. The van der Waals surface area contributed by atoms with Gasteiger partial charge in [0.25, 0.3) is 0 Å². The zero-order valence-corrected chi connectivity index (χ0v) is 18.7. The summed E-state index contributed by atoms with van der Waals surface area (Å²) in [5.74, 6) is 2.37. The zero-order valence-electron chi connectivity index (χ0n) is 18.7. The number of fused-ring (bicyclic) bond motifs is 3. The van der Waals surface area contributed by atoms with E-state index in [0.717, 1.165) is 22.3 Å². The first-order chi connectivity index (χ1) is 17.3. The Balaban J connectivity index is 1.16. The molecule has 2 N–H and O–H groups in total. The Morgan fingerprint density at radius 3 is 2.49 bits per heavy atom. The topological polar surface area (TPSA) is 107 Å². The lowest BCUT2D eigenvalue weighted by atomic mass is 9.87. The standard InChI is InChI=1S/C26H22N6O3/c33-26(23-18-7-1-3-9-21(18)35-22-10-4-2-8-19(22)23)27-11-12-32-25-20(15-31-32)24(29-16-30-25)28-14-17-6-5-13-34-17/h1-10,13,15-16,23H,11-12,14H2,(H,27,33)(H,28,29,30). The molecule has 2 aromatic carbocycles. The molecule has 0 spiro atoms. The Labute approximate surface area is 200 Å². The average Bonchev–Trinajstić information content (AvgIpc) is 3.56. The van der Waals surface area contributed by atoms with E-state index >= 15 is 0 Å². The highest BCUT2D eigenvalue weighted by atomic mass is 16.5. The van der Waals surface area contributed by atoms with Gasteiger partial charge in [0, 0.05) is 17.7 Å². The third kappa shape index (κ3) is 3.97. The van der Waals surface area contributed by atoms with Crippen LogP contribution in [0.2, 0.25) is 0 Å². The summed E-state index contributed by atoms with van der Waals surface area (Å²) < 4.78 is 13.1. The van der Waals surface area contributed by atoms with Crippen LogP contribution in [-0.4, -0.2) is 32.2 Å². The van der Waals surface area contributed by atoms with E-state index < -0.39 is 5.92 Å². The molecular weight excluding hydrogens is 444 g/mol. The molecule has 174 valence electrons. The number of anilines is 1. The van der Waals surface area contributed by atoms with Crippen molar-refractivity contribution >= 4 is 22.8 Å². The van der Waals surface area contributed by atoms with Crippen LogP contribution in [0.25, 0.3) is 11.0 Å². The minimum atomic E-state index is -0.440. The summed E-state index contributed by atoms with van der Waals surface area (Å²) in [5, 5.41) is 11.6. The molecule has 0 radical (unpaired) electrons. The lowest BCUT2D eigenvalue weighted by Crippen LogP contribution is -2.33. The van der Waals surface area contributed by atoms with Crippen molar-refractivity contribution in [3.8, 4) is 11.5 Å². The van der Waals surface area contributed by atoms with Crippen LogP contribution in [0.3, 0.4) is 0 Å². The maximum atomic E-state index is 13.3. The van der Waals surface area contributed by atoms with Crippen LogP contribution >= 0.6 is 0 Å². The summed E-state index contributed by atoms with van der Waals surface area (Å²) in [7, 11) is 0. The Kier molecular flexibility index (Phi) is 5.34. The SMILES string of the molecule is O=C(NCCn1ncc2c(NCc3ccco3)ncnc21)C1c2ccccc2Oc2ccccc21. The molecule has 0 aliphatic carbocycles. The molecule has 1 amide bonds. The first-order valence-corrected chi connectivity index (χ1v) is 11.3. The van der Waals surface area contributed by atoms with Crippen LogP contribution in [0.4, 0.5) is 5.82 Å². The summed E-state index contributed by atoms with van der Waals surface area (Å²) in [5.41, 5.74) is 2.40. The van der Waals surface area contributed by atoms with Crippen molar-refractivity contribution in [1.29, 1.82) is 0 Å². The Morgan fingerprint density at radius 1 is 0.971 bits per heavy atom. The predicted molar refractivity (Wildman–Crippen MR) is 129 cm³/mol. The van der Waals surface area contributed by atoms with E-state index in [1.165, 1.54) is 6.33 Å². The molecule has 9 heteroatoms. The summed E-state index contributed by atoms with van der Waals surface area (Å²) in [4.78, 5) is 22.1. The van der Waals surface area contributed by atoms with Crippen LogP contribution in [0, 0.1) is 0 Å². The van der Waals surface area contributed by atoms with Crippen molar-refractivity contribution in [2.24, 2.45) is 0 Å². The van der Waals surface area contributed by atoms with Crippen LogP contribution < -0.4 is 15.4 Å². The summed E-state index contributed by atoms with van der Waals surface area (Å²) in [6.45, 7) is 1.38. The largest absolute Gasteiger partial charge is 0.467 e.